The number of benzene rings is 1. The number of thiocarbonyl (C=S) groups is 1. The second kappa shape index (κ2) is 7.97. The van der Waals surface area contributed by atoms with Crippen LogP contribution < -0.4 is 5.32 Å². The molecule has 0 aliphatic carbocycles. The van der Waals surface area contributed by atoms with Gasteiger partial charge in [0.05, 0.1) is 5.56 Å². The van der Waals surface area contributed by atoms with Gasteiger partial charge in [0.1, 0.15) is 19.3 Å². The highest BCUT2D eigenvalue weighted by molar-refractivity contribution is 9.10. The SMILES string of the molecule is Cc1ncc([N+](=O)[O-])n1CCOC(=S)NC(=O)c1ccccc1Br. The molecule has 0 saturated carbocycles. The number of imidazole rings is 1. The Kier molecular flexibility index (Phi) is 5.99. The number of nitrogens with zero attached hydrogens (tertiary/aromatic N) is 3. The van der Waals surface area contributed by atoms with Crippen LogP contribution in [0.2, 0.25) is 0 Å². The van der Waals surface area contributed by atoms with Crippen molar-refractivity contribution in [3.63, 3.8) is 0 Å². The maximum Gasteiger partial charge on any atom is 0.342 e. The van der Waals surface area contributed by atoms with E-state index < -0.39 is 10.8 Å². The van der Waals surface area contributed by atoms with Crippen LogP contribution in [-0.2, 0) is 11.3 Å². The predicted octanol–water partition coefficient (Wildman–Crippen LogP) is 2.59. The summed E-state index contributed by atoms with van der Waals surface area (Å²) in [5, 5.41) is 13.2. The first kappa shape index (κ1) is 18.0. The van der Waals surface area contributed by atoms with Gasteiger partial charge in [-0.3, -0.25) is 10.1 Å². The number of carbonyl (C=O) groups is 1. The molecule has 1 aromatic heterocycles. The zero-order valence-corrected chi connectivity index (χ0v) is 15.0. The fraction of sp³-hybridized carbons (Fsp3) is 0.214. The molecule has 8 nitrogen and oxygen atoms in total. The number of ether oxygens (including phenoxy) is 1. The van der Waals surface area contributed by atoms with Crippen molar-refractivity contribution >= 4 is 45.0 Å². The predicted molar refractivity (Wildman–Crippen MR) is 93.8 cm³/mol. The summed E-state index contributed by atoms with van der Waals surface area (Å²) in [7, 11) is 0. The monoisotopic (exact) mass is 412 g/mol. The summed E-state index contributed by atoms with van der Waals surface area (Å²) in [5.74, 6) is -0.0370. The van der Waals surface area contributed by atoms with E-state index in [1.54, 1.807) is 31.2 Å². The van der Waals surface area contributed by atoms with E-state index in [0.29, 0.717) is 15.9 Å². The van der Waals surface area contributed by atoms with Crippen molar-refractivity contribution in [3.05, 3.63) is 56.4 Å². The zero-order chi connectivity index (χ0) is 17.7. The number of hydrogen-bond acceptors (Lipinski definition) is 6. The second-order valence-corrected chi connectivity index (χ2v) is 5.87. The zero-order valence-electron chi connectivity index (χ0n) is 12.6. The molecule has 1 amide bonds. The maximum atomic E-state index is 12.1. The number of rotatable bonds is 5. The van der Waals surface area contributed by atoms with Crippen LogP contribution in [0, 0.1) is 17.0 Å². The Labute approximate surface area is 151 Å². The van der Waals surface area contributed by atoms with Crippen LogP contribution >= 0.6 is 28.1 Å². The van der Waals surface area contributed by atoms with Crippen molar-refractivity contribution in [2.24, 2.45) is 0 Å². The van der Waals surface area contributed by atoms with E-state index in [1.807, 2.05) is 0 Å². The van der Waals surface area contributed by atoms with E-state index in [-0.39, 0.29) is 24.1 Å². The molecule has 24 heavy (non-hydrogen) atoms. The molecule has 0 saturated heterocycles. The highest BCUT2D eigenvalue weighted by atomic mass is 79.9. The van der Waals surface area contributed by atoms with Crippen LogP contribution in [0.3, 0.4) is 0 Å². The van der Waals surface area contributed by atoms with E-state index in [1.165, 1.54) is 10.8 Å². The Morgan fingerprint density at radius 2 is 2.21 bits per heavy atom. The van der Waals surface area contributed by atoms with Gasteiger partial charge in [-0.25, -0.2) is 9.55 Å². The summed E-state index contributed by atoms with van der Waals surface area (Å²) in [5.41, 5.74) is 0.421. The number of aromatic nitrogens is 2. The van der Waals surface area contributed by atoms with Crippen molar-refractivity contribution in [2.75, 3.05) is 6.61 Å². The Morgan fingerprint density at radius 1 is 1.50 bits per heavy atom. The third-order valence-electron chi connectivity index (χ3n) is 3.10. The van der Waals surface area contributed by atoms with E-state index in [0.717, 1.165) is 0 Å². The van der Waals surface area contributed by atoms with Crippen molar-refractivity contribution in [1.29, 1.82) is 0 Å². The molecule has 0 bridgehead atoms. The normalized spacial score (nSPS) is 10.2. The minimum absolute atomic E-state index is 0.0626. The Balaban J connectivity index is 1.88. The minimum Gasteiger partial charge on any atom is -0.467 e. The van der Waals surface area contributed by atoms with Gasteiger partial charge in [-0.2, -0.15) is 0 Å². The Bertz CT molecular complexity index is 793. The van der Waals surface area contributed by atoms with Crippen LogP contribution in [0.25, 0.3) is 0 Å². The molecule has 2 rings (SSSR count). The number of nitro groups is 1. The molecular weight excluding hydrogens is 400 g/mol. The summed E-state index contributed by atoms with van der Waals surface area (Å²) in [6.45, 7) is 1.90. The summed E-state index contributed by atoms with van der Waals surface area (Å²) in [4.78, 5) is 26.3. The number of halogens is 1. The molecule has 0 spiro atoms. The lowest BCUT2D eigenvalue weighted by Crippen LogP contribution is -2.31. The fourth-order valence-electron chi connectivity index (χ4n) is 1.95. The average Bonchev–Trinajstić information content (AvgIpc) is 2.89. The van der Waals surface area contributed by atoms with Gasteiger partial charge < -0.3 is 14.9 Å². The molecule has 0 unspecified atom stereocenters. The summed E-state index contributed by atoms with van der Waals surface area (Å²) < 4.78 is 7.29. The van der Waals surface area contributed by atoms with Crippen molar-refractivity contribution in [2.45, 2.75) is 13.5 Å². The quantitative estimate of drug-likeness (QED) is 0.460. The molecular formula is C14H13BrN4O4S. The third-order valence-corrected chi connectivity index (χ3v) is 4.01. The van der Waals surface area contributed by atoms with Gasteiger partial charge in [-0.1, -0.05) is 12.1 Å². The van der Waals surface area contributed by atoms with E-state index in [9.17, 15) is 14.9 Å². The minimum atomic E-state index is -0.521. The van der Waals surface area contributed by atoms with E-state index in [4.69, 9.17) is 17.0 Å². The third kappa shape index (κ3) is 4.36. The van der Waals surface area contributed by atoms with Gasteiger partial charge in [-0.15, -0.1) is 0 Å². The number of nitrogens with one attached hydrogen (secondary N) is 1. The smallest absolute Gasteiger partial charge is 0.342 e. The first-order valence-corrected chi connectivity index (χ1v) is 7.99. The molecule has 0 atom stereocenters. The Morgan fingerprint density at radius 3 is 2.88 bits per heavy atom. The second-order valence-electron chi connectivity index (χ2n) is 4.64. The molecule has 126 valence electrons. The fourth-order valence-corrected chi connectivity index (χ4v) is 2.59. The van der Waals surface area contributed by atoms with Gasteiger partial charge in [0, 0.05) is 11.4 Å². The molecule has 10 heteroatoms. The molecule has 1 heterocycles. The van der Waals surface area contributed by atoms with Gasteiger partial charge in [0.25, 0.3) is 11.1 Å². The largest absolute Gasteiger partial charge is 0.467 e. The van der Waals surface area contributed by atoms with E-state index in [2.05, 4.69) is 26.2 Å². The van der Waals surface area contributed by atoms with Crippen molar-refractivity contribution < 1.29 is 14.5 Å². The molecule has 0 aliphatic heterocycles. The number of amides is 1. The average molecular weight is 413 g/mol. The van der Waals surface area contributed by atoms with E-state index >= 15 is 0 Å². The lowest BCUT2D eigenvalue weighted by atomic mass is 10.2. The van der Waals surface area contributed by atoms with Crippen molar-refractivity contribution in [3.8, 4) is 0 Å². The number of hydrogen-bond donors (Lipinski definition) is 1. The standard InChI is InChI=1S/C14H13BrN4O4S/c1-9-16-8-12(19(21)22)18(9)6-7-23-14(24)17-13(20)10-4-2-3-5-11(10)15/h2-5,8H,6-7H2,1H3,(H,17,20,24). The maximum absolute atomic E-state index is 12.1. The molecule has 0 aliphatic rings. The van der Waals surface area contributed by atoms with Crippen LogP contribution in [-0.4, -0.2) is 32.2 Å². The Hall–Kier alpha value is -2.33. The highest BCUT2D eigenvalue weighted by Crippen LogP contribution is 2.15. The van der Waals surface area contributed by atoms with Crippen LogP contribution in [0.1, 0.15) is 16.2 Å². The molecule has 0 radical (unpaired) electrons. The molecule has 0 fully saturated rings. The highest BCUT2D eigenvalue weighted by Gasteiger charge is 2.17. The summed E-state index contributed by atoms with van der Waals surface area (Å²) >= 11 is 8.23. The lowest BCUT2D eigenvalue weighted by molar-refractivity contribution is -0.392. The first-order valence-electron chi connectivity index (χ1n) is 6.79. The summed E-state index contributed by atoms with van der Waals surface area (Å²) in [6, 6.07) is 6.89. The van der Waals surface area contributed by atoms with Gasteiger partial charge in [-0.05, 0) is 45.2 Å². The van der Waals surface area contributed by atoms with Crippen LogP contribution in [0.15, 0.2) is 34.9 Å². The summed E-state index contributed by atoms with van der Waals surface area (Å²) in [6.07, 6.45) is 1.18. The lowest BCUT2D eigenvalue weighted by Gasteiger charge is -2.09. The van der Waals surface area contributed by atoms with Gasteiger partial charge >= 0.3 is 5.82 Å². The van der Waals surface area contributed by atoms with Gasteiger partial charge in [0.15, 0.2) is 5.82 Å². The molecule has 1 N–H and O–H groups in total. The van der Waals surface area contributed by atoms with Gasteiger partial charge in [0.2, 0.25) is 0 Å². The topological polar surface area (TPSA) is 99.3 Å². The molecule has 2 aromatic rings. The van der Waals surface area contributed by atoms with Crippen LogP contribution in [0.5, 0.6) is 0 Å². The van der Waals surface area contributed by atoms with Crippen molar-refractivity contribution in [1.82, 2.24) is 14.9 Å². The number of carbonyl (C=O) groups excluding carboxylic acids is 1. The van der Waals surface area contributed by atoms with Crippen LogP contribution in [0.4, 0.5) is 5.82 Å². The molecule has 1 aromatic carbocycles. The number of aryl methyl sites for hydroxylation is 1. The first-order chi connectivity index (χ1) is 11.4.